The SMILES string of the molecule is Cc1c(C#N)cccc1P(=O)(O)O. The molecule has 0 saturated carbocycles. The summed E-state index contributed by atoms with van der Waals surface area (Å²) in [6, 6.07) is 6.18. The minimum atomic E-state index is -4.25. The Morgan fingerprint density at radius 2 is 2.08 bits per heavy atom. The van der Waals surface area contributed by atoms with Crippen molar-refractivity contribution in [3.05, 3.63) is 29.3 Å². The number of rotatable bonds is 1. The Bertz CT molecular complexity index is 416. The topological polar surface area (TPSA) is 81.3 Å². The maximum Gasteiger partial charge on any atom is 0.356 e. The first-order valence-corrected chi connectivity index (χ1v) is 5.14. The minimum Gasteiger partial charge on any atom is -0.321 e. The van der Waals surface area contributed by atoms with Crippen molar-refractivity contribution in [3.8, 4) is 6.07 Å². The smallest absolute Gasteiger partial charge is 0.321 e. The first-order chi connectivity index (χ1) is 5.96. The van der Waals surface area contributed by atoms with Crippen molar-refractivity contribution in [3.63, 3.8) is 0 Å². The van der Waals surface area contributed by atoms with Crippen LogP contribution in [0.4, 0.5) is 0 Å². The Kier molecular flexibility index (Phi) is 2.53. The van der Waals surface area contributed by atoms with Crippen LogP contribution in [0.5, 0.6) is 0 Å². The van der Waals surface area contributed by atoms with Crippen LogP contribution in [0.1, 0.15) is 11.1 Å². The van der Waals surface area contributed by atoms with Gasteiger partial charge in [-0.15, -0.1) is 0 Å². The van der Waals surface area contributed by atoms with Gasteiger partial charge in [-0.25, -0.2) is 0 Å². The fourth-order valence-corrected chi connectivity index (χ4v) is 1.90. The summed E-state index contributed by atoms with van der Waals surface area (Å²) in [5.74, 6) is 0. The van der Waals surface area contributed by atoms with E-state index in [2.05, 4.69) is 0 Å². The lowest BCUT2D eigenvalue weighted by Gasteiger charge is -2.07. The van der Waals surface area contributed by atoms with Crippen LogP contribution in [0.25, 0.3) is 0 Å². The molecule has 0 aliphatic rings. The molecule has 0 saturated heterocycles. The Morgan fingerprint density at radius 1 is 1.46 bits per heavy atom. The van der Waals surface area contributed by atoms with E-state index in [1.807, 2.05) is 6.07 Å². The van der Waals surface area contributed by atoms with E-state index in [0.29, 0.717) is 11.1 Å². The molecule has 13 heavy (non-hydrogen) atoms. The van der Waals surface area contributed by atoms with Crippen LogP contribution < -0.4 is 5.30 Å². The predicted octanol–water partition coefficient (Wildman–Crippen LogP) is 0.670. The lowest BCUT2D eigenvalue weighted by molar-refractivity contribution is 0.387. The standard InChI is InChI=1S/C8H8NO3P/c1-6-7(5-9)3-2-4-8(6)13(10,11)12/h2-4H,1H3,(H2,10,11,12). The molecule has 5 heteroatoms. The zero-order valence-electron chi connectivity index (χ0n) is 6.93. The van der Waals surface area contributed by atoms with Gasteiger partial charge >= 0.3 is 7.60 Å². The van der Waals surface area contributed by atoms with E-state index in [-0.39, 0.29) is 5.30 Å². The maximum atomic E-state index is 10.9. The summed E-state index contributed by atoms with van der Waals surface area (Å²) in [5.41, 5.74) is 0.638. The predicted molar refractivity (Wildman–Crippen MR) is 47.6 cm³/mol. The Labute approximate surface area is 75.6 Å². The molecular weight excluding hydrogens is 189 g/mol. The molecule has 0 amide bonds. The maximum absolute atomic E-state index is 10.9. The Balaban J connectivity index is 3.43. The third-order valence-corrected chi connectivity index (χ3v) is 2.85. The van der Waals surface area contributed by atoms with Crippen molar-refractivity contribution in [2.75, 3.05) is 0 Å². The molecule has 2 N–H and O–H groups in total. The van der Waals surface area contributed by atoms with Gasteiger partial charge in [0.1, 0.15) is 0 Å². The summed E-state index contributed by atoms with van der Waals surface area (Å²) in [7, 11) is -4.25. The summed E-state index contributed by atoms with van der Waals surface area (Å²) in [6.07, 6.45) is 0. The number of benzene rings is 1. The molecule has 1 aromatic rings. The number of hydrogen-bond acceptors (Lipinski definition) is 2. The molecule has 0 unspecified atom stereocenters. The first-order valence-electron chi connectivity index (χ1n) is 3.52. The van der Waals surface area contributed by atoms with Crippen molar-refractivity contribution in [2.45, 2.75) is 6.92 Å². The Hall–Kier alpha value is -1.14. The van der Waals surface area contributed by atoms with Crippen LogP contribution in [0.15, 0.2) is 18.2 Å². The van der Waals surface area contributed by atoms with E-state index in [4.69, 9.17) is 15.0 Å². The van der Waals surface area contributed by atoms with Crippen molar-refractivity contribution in [1.29, 1.82) is 5.26 Å². The second-order valence-corrected chi connectivity index (χ2v) is 4.18. The van der Waals surface area contributed by atoms with Crippen LogP contribution in [0, 0.1) is 18.3 Å². The zero-order chi connectivity index (χ0) is 10.1. The number of nitriles is 1. The molecule has 0 heterocycles. The van der Waals surface area contributed by atoms with Gasteiger partial charge in [-0.1, -0.05) is 6.07 Å². The summed E-state index contributed by atoms with van der Waals surface area (Å²) in [4.78, 5) is 17.8. The van der Waals surface area contributed by atoms with Crippen molar-refractivity contribution >= 4 is 12.9 Å². The normalized spacial score (nSPS) is 10.9. The molecule has 0 radical (unpaired) electrons. The van der Waals surface area contributed by atoms with E-state index in [1.165, 1.54) is 25.1 Å². The third kappa shape index (κ3) is 1.96. The first kappa shape index (κ1) is 9.94. The average Bonchev–Trinajstić information content (AvgIpc) is 2.02. The van der Waals surface area contributed by atoms with E-state index in [1.54, 1.807) is 0 Å². The molecule has 0 spiro atoms. The van der Waals surface area contributed by atoms with Gasteiger partial charge in [-0.05, 0) is 24.6 Å². The third-order valence-electron chi connectivity index (χ3n) is 1.74. The largest absolute Gasteiger partial charge is 0.356 e. The summed E-state index contributed by atoms with van der Waals surface area (Å²) >= 11 is 0. The lowest BCUT2D eigenvalue weighted by atomic mass is 10.1. The molecule has 1 aromatic carbocycles. The molecule has 0 bridgehead atoms. The molecule has 68 valence electrons. The summed E-state index contributed by atoms with van der Waals surface area (Å²) in [5, 5.41) is 8.53. The molecule has 0 aromatic heterocycles. The van der Waals surface area contributed by atoms with Crippen molar-refractivity contribution < 1.29 is 14.4 Å². The highest BCUT2D eigenvalue weighted by molar-refractivity contribution is 7.60. The molecule has 0 atom stereocenters. The zero-order valence-corrected chi connectivity index (χ0v) is 7.82. The quantitative estimate of drug-likeness (QED) is 0.648. The second kappa shape index (κ2) is 3.31. The van der Waals surface area contributed by atoms with Crippen LogP contribution in [-0.2, 0) is 4.57 Å². The fraction of sp³-hybridized carbons (Fsp3) is 0.125. The molecule has 0 fully saturated rings. The van der Waals surface area contributed by atoms with Gasteiger partial charge in [0.2, 0.25) is 0 Å². The fourth-order valence-electron chi connectivity index (χ4n) is 1.06. The van der Waals surface area contributed by atoms with Crippen molar-refractivity contribution in [1.82, 2.24) is 0 Å². The van der Waals surface area contributed by atoms with Gasteiger partial charge in [0, 0.05) is 0 Å². The van der Waals surface area contributed by atoms with Gasteiger partial charge in [0.05, 0.1) is 16.9 Å². The van der Waals surface area contributed by atoms with Gasteiger partial charge < -0.3 is 9.79 Å². The highest BCUT2D eigenvalue weighted by atomic mass is 31.2. The number of hydrogen-bond donors (Lipinski definition) is 2. The lowest BCUT2D eigenvalue weighted by Crippen LogP contribution is -2.09. The minimum absolute atomic E-state index is 0.0773. The van der Waals surface area contributed by atoms with E-state index in [9.17, 15) is 4.57 Å². The molecule has 0 aliphatic heterocycles. The van der Waals surface area contributed by atoms with E-state index in [0.717, 1.165) is 0 Å². The summed E-state index contributed by atoms with van der Waals surface area (Å²) in [6.45, 7) is 1.52. The van der Waals surface area contributed by atoms with Crippen LogP contribution >= 0.6 is 7.60 Å². The highest BCUT2D eigenvalue weighted by Gasteiger charge is 2.20. The molecule has 1 rings (SSSR count). The molecule has 4 nitrogen and oxygen atoms in total. The average molecular weight is 197 g/mol. The summed E-state index contributed by atoms with van der Waals surface area (Å²) < 4.78 is 10.9. The van der Waals surface area contributed by atoms with Crippen molar-refractivity contribution in [2.24, 2.45) is 0 Å². The van der Waals surface area contributed by atoms with Gasteiger partial charge in [-0.2, -0.15) is 5.26 Å². The van der Waals surface area contributed by atoms with Gasteiger partial charge in [-0.3, -0.25) is 4.57 Å². The van der Waals surface area contributed by atoms with E-state index >= 15 is 0 Å². The molecular formula is C8H8NO3P. The highest BCUT2D eigenvalue weighted by Crippen LogP contribution is 2.34. The second-order valence-electron chi connectivity index (χ2n) is 2.61. The van der Waals surface area contributed by atoms with Gasteiger partial charge in [0.25, 0.3) is 0 Å². The number of nitrogens with zero attached hydrogens (tertiary/aromatic N) is 1. The monoisotopic (exact) mass is 197 g/mol. The molecule has 0 aliphatic carbocycles. The van der Waals surface area contributed by atoms with Crippen LogP contribution in [-0.4, -0.2) is 9.79 Å². The van der Waals surface area contributed by atoms with Gasteiger partial charge in [0.15, 0.2) is 0 Å². The van der Waals surface area contributed by atoms with E-state index < -0.39 is 7.60 Å². The van der Waals surface area contributed by atoms with Crippen LogP contribution in [0.2, 0.25) is 0 Å². The van der Waals surface area contributed by atoms with Crippen LogP contribution in [0.3, 0.4) is 0 Å². The Morgan fingerprint density at radius 3 is 2.54 bits per heavy atom.